The first-order valence-electron chi connectivity index (χ1n) is 8.90. The van der Waals surface area contributed by atoms with Gasteiger partial charge in [0, 0.05) is 29.8 Å². The van der Waals surface area contributed by atoms with Crippen molar-refractivity contribution in [2.24, 2.45) is 11.0 Å². The highest BCUT2D eigenvalue weighted by Crippen LogP contribution is 2.34. The fourth-order valence-corrected chi connectivity index (χ4v) is 3.37. The van der Waals surface area contributed by atoms with Crippen molar-refractivity contribution in [2.75, 3.05) is 0 Å². The largest absolute Gasteiger partial charge is 0.273 e. The van der Waals surface area contributed by atoms with Gasteiger partial charge in [-0.2, -0.15) is 5.10 Å². The second-order valence-corrected chi connectivity index (χ2v) is 7.35. The molecule has 2 aromatic carbocycles. The summed E-state index contributed by atoms with van der Waals surface area (Å²) in [4.78, 5) is 21.5. The van der Waals surface area contributed by atoms with Gasteiger partial charge >= 0.3 is 0 Å². The molecule has 0 fully saturated rings. The number of nitrogens with zero attached hydrogens (tertiary/aromatic N) is 4. The van der Waals surface area contributed by atoms with E-state index in [9.17, 15) is 4.79 Å². The number of hydrazone groups is 1. The molecule has 3 aromatic rings. The Hall–Kier alpha value is -2.79. The Morgan fingerprint density at radius 1 is 1.07 bits per heavy atom. The van der Waals surface area contributed by atoms with Gasteiger partial charge in [0.1, 0.15) is 0 Å². The van der Waals surface area contributed by atoms with Gasteiger partial charge in [-0.25, -0.2) is 5.01 Å². The molecule has 6 heteroatoms. The molecule has 136 valence electrons. The van der Waals surface area contributed by atoms with Crippen LogP contribution < -0.4 is 0 Å². The van der Waals surface area contributed by atoms with Gasteiger partial charge in [-0.05, 0) is 35.4 Å². The van der Waals surface area contributed by atoms with E-state index in [-0.39, 0.29) is 17.9 Å². The van der Waals surface area contributed by atoms with Gasteiger partial charge in [-0.15, -0.1) is 0 Å². The van der Waals surface area contributed by atoms with Crippen molar-refractivity contribution < 1.29 is 4.79 Å². The lowest BCUT2D eigenvalue weighted by atomic mass is 9.97. The first-order chi connectivity index (χ1) is 13.0. The normalized spacial score (nSPS) is 16.8. The van der Waals surface area contributed by atoms with Gasteiger partial charge in [0.15, 0.2) is 0 Å². The van der Waals surface area contributed by atoms with Crippen LogP contribution in [0.2, 0.25) is 5.02 Å². The molecule has 0 spiro atoms. The highest BCUT2D eigenvalue weighted by Gasteiger charge is 2.34. The predicted molar refractivity (Wildman–Crippen MR) is 107 cm³/mol. The van der Waals surface area contributed by atoms with Crippen LogP contribution in [-0.2, 0) is 4.79 Å². The maximum atomic E-state index is 12.8. The molecular formula is C21H19ClN4O. The van der Waals surface area contributed by atoms with E-state index in [1.54, 1.807) is 17.4 Å². The molecule has 0 saturated heterocycles. The third kappa shape index (κ3) is 3.43. The fourth-order valence-electron chi connectivity index (χ4n) is 3.24. The number of fused-ring (bicyclic) bond motifs is 1. The van der Waals surface area contributed by atoms with Crippen molar-refractivity contribution in [3.63, 3.8) is 0 Å². The number of aromatic nitrogens is 2. The summed E-state index contributed by atoms with van der Waals surface area (Å²) in [6.07, 6.45) is 3.99. The van der Waals surface area contributed by atoms with E-state index in [0.29, 0.717) is 11.4 Å². The molecule has 0 saturated carbocycles. The summed E-state index contributed by atoms with van der Waals surface area (Å²) in [6.45, 7) is 3.78. The van der Waals surface area contributed by atoms with Crippen molar-refractivity contribution in [1.29, 1.82) is 0 Å². The number of carbonyl (C=O) groups is 1. The Kier molecular flexibility index (Phi) is 4.62. The first-order valence-corrected chi connectivity index (χ1v) is 9.28. The summed E-state index contributed by atoms with van der Waals surface area (Å²) in [5.74, 6) is -0.135. The van der Waals surface area contributed by atoms with Crippen LogP contribution in [0, 0.1) is 5.92 Å². The standard InChI is InChI=1S/C21H19ClN4O/c1-13(2)21(27)26-20(12-18(25-26)14-3-6-16(22)7-4-14)15-5-8-17-19(11-15)24-10-9-23-17/h3-11,13,20H,12H2,1-2H3/t20-/m0/s1. The minimum Gasteiger partial charge on any atom is -0.273 e. The summed E-state index contributed by atoms with van der Waals surface area (Å²) in [6, 6.07) is 13.3. The molecule has 0 radical (unpaired) electrons. The van der Waals surface area contributed by atoms with Crippen LogP contribution in [0.5, 0.6) is 0 Å². The number of hydrogen-bond donors (Lipinski definition) is 0. The lowest BCUT2D eigenvalue weighted by molar-refractivity contribution is -0.136. The van der Waals surface area contributed by atoms with E-state index in [1.165, 1.54) is 0 Å². The molecule has 1 aromatic heterocycles. The average Bonchev–Trinajstić information content (AvgIpc) is 3.12. The summed E-state index contributed by atoms with van der Waals surface area (Å²) in [7, 11) is 0. The Labute approximate surface area is 162 Å². The molecule has 1 aliphatic rings. The molecule has 0 N–H and O–H groups in total. The average molecular weight is 379 g/mol. The summed E-state index contributed by atoms with van der Waals surface area (Å²) in [5.41, 5.74) is 4.50. The highest BCUT2D eigenvalue weighted by molar-refractivity contribution is 6.30. The Bertz CT molecular complexity index is 1030. The summed E-state index contributed by atoms with van der Waals surface area (Å²) < 4.78 is 0. The third-order valence-corrected chi connectivity index (χ3v) is 4.94. The zero-order valence-corrected chi connectivity index (χ0v) is 15.9. The zero-order valence-electron chi connectivity index (χ0n) is 15.1. The van der Waals surface area contributed by atoms with Crippen LogP contribution in [0.25, 0.3) is 11.0 Å². The van der Waals surface area contributed by atoms with Gasteiger partial charge in [0.25, 0.3) is 0 Å². The van der Waals surface area contributed by atoms with Crippen LogP contribution in [0.3, 0.4) is 0 Å². The maximum Gasteiger partial charge on any atom is 0.245 e. The number of rotatable bonds is 3. The molecule has 4 rings (SSSR count). The van der Waals surface area contributed by atoms with E-state index >= 15 is 0 Å². The molecule has 2 heterocycles. The molecule has 0 unspecified atom stereocenters. The quantitative estimate of drug-likeness (QED) is 0.668. The van der Waals surface area contributed by atoms with Gasteiger partial charge in [-0.1, -0.05) is 43.6 Å². The fraction of sp³-hybridized carbons (Fsp3) is 0.238. The predicted octanol–water partition coefficient (Wildman–Crippen LogP) is 4.62. The van der Waals surface area contributed by atoms with E-state index in [1.807, 2.05) is 56.3 Å². The number of halogens is 1. The van der Waals surface area contributed by atoms with Crippen molar-refractivity contribution in [3.05, 3.63) is 71.0 Å². The Balaban J connectivity index is 1.73. The summed E-state index contributed by atoms with van der Waals surface area (Å²) >= 11 is 6.00. The molecule has 27 heavy (non-hydrogen) atoms. The van der Waals surface area contributed by atoms with E-state index in [0.717, 1.165) is 27.9 Å². The lowest BCUT2D eigenvalue weighted by Crippen LogP contribution is -2.30. The molecule has 5 nitrogen and oxygen atoms in total. The van der Waals surface area contributed by atoms with Crippen molar-refractivity contribution >= 4 is 34.3 Å². The van der Waals surface area contributed by atoms with Gasteiger partial charge in [-0.3, -0.25) is 14.8 Å². The van der Waals surface area contributed by atoms with Gasteiger partial charge in [0.05, 0.1) is 22.8 Å². The second-order valence-electron chi connectivity index (χ2n) is 6.92. The minimum atomic E-state index is -0.156. The van der Waals surface area contributed by atoms with Gasteiger partial charge < -0.3 is 0 Å². The molecule has 0 aliphatic carbocycles. The molecule has 1 amide bonds. The first kappa shape index (κ1) is 17.6. The molecule has 0 bridgehead atoms. The van der Waals surface area contributed by atoms with Gasteiger partial charge in [0.2, 0.25) is 5.91 Å². The number of hydrogen-bond acceptors (Lipinski definition) is 4. The third-order valence-electron chi connectivity index (χ3n) is 4.69. The number of amides is 1. The SMILES string of the molecule is CC(C)C(=O)N1N=C(c2ccc(Cl)cc2)C[C@H]1c1ccc2nccnc2c1. The Morgan fingerprint density at radius 2 is 1.78 bits per heavy atom. The smallest absolute Gasteiger partial charge is 0.245 e. The van der Waals surface area contributed by atoms with Crippen LogP contribution in [-0.4, -0.2) is 26.6 Å². The van der Waals surface area contributed by atoms with Crippen molar-refractivity contribution in [2.45, 2.75) is 26.3 Å². The highest BCUT2D eigenvalue weighted by atomic mass is 35.5. The van der Waals surface area contributed by atoms with E-state index < -0.39 is 0 Å². The topological polar surface area (TPSA) is 58.5 Å². The second kappa shape index (κ2) is 7.08. The van der Waals surface area contributed by atoms with Crippen molar-refractivity contribution in [1.82, 2.24) is 15.0 Å². The van der Waals surface area contributed by atoms with Crippen LogP contribution in [0.15, 0.2) is 60.0 Å². The number of carbonyl (C=O) groups excluding carboxylic acids is 1. The molecular weight excluding hydrogens is 360 g/mol. The molecule has 1 aliphatic heterocycles. The number of benzene rings is 2. The monoisotopic (exact) mass is 378 g/mol. The minimum absolute atomic E-state index is 0.00297. The zero-order chi connectivity index (χ0) is 19.0. The summed E-state index contributed by atoms with van der Waals surface area (Å²) in [5, 5.41) is 6.96. The van der Waals surface area contributed by atoms with Crippen LogP contribution in [0.1, 0.15) is 37.4 Å². The Morgan fingerprint density at radius 3 is 2.48 bits per heavy atom. The molecule has 1 atom stereocenters. The van der Waals surface area contributed by atoms with E-state index in [4.69, 9.17) is 11.6 Å². The van der Waals surface area contributed by atoms with Crippen molar-refractivity contribution in [3.8, 4) is 0 Å². The lowest BCUT2D eigenvalue weighted by Gasteiger charge is -2.23. The maximum absolute atomic E-state index is 12.8. The van der Waals surface area contributed by atoms with E-state index in [2.05, 4.69) is 15.1 Å². The van der Waals surface area contributed by atoms with Crippen LogP contribution >= 0.6 is 11.6 Å². The van der Waals surface area contributed by atoms with Crippen LogP contribution in [0.4, 0.5) is 0 Å².